The SMILES string of the molecule is COc1ccc2c(c1)[C@@H](CC(=O)Oc1ccccc1)NS(=O)(=O)O2. The molecule has 126 valence electrons. The van der Waals surface area contributed by atoms with Crippen LogP contribution in [0.5, 0.6) is 17.2 Å². The van der Waals surface area contributed by atoms with Crippen LogP contribution in [0.1, 0.15) is 18.0 Å². The number of ether oxygens (including phenoxy) is 2. The predicted molar refractivity (Wildman–Crippen MR) is 85.1 cm³/mol. The summed E-state index contributed by atoms with van der Waals surface area (Å²) in [6, 6.07) is 12.4. The lowest BCUT2D eigenvalue weighted by molar-refractivity contribution is -0.134. The second-order valence-electron chi connectivity index (χ2n) is 5.10. The summed E-state index contributed by atoms with van der Waals surface area (Å²) in [7, 11) is -2.49. The molecule has 1 aliphatic heterocycles. The fraction of sp³-hybridized carbons (Fsp3) is 0.188. The van der Waals surface area contributed by atoms with Gasteiger partial charge in [-0.15, -0.1) is 0 Å². The molecule has 1 aliphatic rings. The van der Waals surface area contributed by atoms with E-state index in [1.54, 1.807) is 42.5 Å². The van der Waals surface area contributed by atoms with Crippen LogP contribution in [0, 0.1) is 0 Å². The van der Waals surface area contributed by atoms with Gasteiger partial charge in [0.25, 0.3) is 0 Å². The number of carbonyl (C=O) groups is 1. The molecule has 0 fully saturated rings. The highest BCUT2D eigenvalue weighted by Crippen LogP contribution is 2.35. The van der Waals surface area contributed by atoms with Gasteiger partial charge in [0, 0.05) is 5.56 Å². The molecular formula is C16H15NO6S. The summed E-state index contributed by atoms with van der Waals surface area (Å²) in [5, 5.41) is 0. The summed E-state index contributed by atoms with van der Waals surface area (Å²) in [5.41, 5.74) is 0.509. The van der Waals surface area contributed by atoms with Gasteiger partial charge in [0.1, 0.15) is 17.2 Å². The summed E-state index contributed by atoms with van der Waals surface area (Å²) >= 11 is 0. The van der Waals surface area contributed by atoms with Crippen LogP contribution in [0.25, 0.3) is 0 Å². The zero-order valence-corrected chi connectivity index (χ0v) is 13.6. The highest BCUT2D eigenvalue weighted by molar-refractivity contribution is 7.85. The molecule has 0 saturated heterocycles. The van der Waals surface area contributed by atoms with Crippen LogP contribution >= 0.6 is 0 Å². The topological polar surface area (TPSA) is 90.9 Å². The molecule has 0 spiro atoms. The second-order valence-corrected chi connectivity index (χ2v) is 6.41. The Labute approximate surface area is 139 Å². The van der Waals surface area contributed by atoms with E-state index >= 15 is 0 Å². The molecule has 0 radical (unpaired) electrons. The summed E-state index contributed by atoms with van der Waals surface area (Å²) in [6.45, 7) is 0. The number of nitrogens with one attached hydrogen (secondary N) is 1. The van der Waals surface area contributed by atoms with Crippen molar-refractivity contribution in [3.8, 4) is 17.2 Å². The third-order valence-electron chi connectivity index (χ3n) is 3.42. The van der Waals surface area contributed by atoms with Gasteiger partial charge >= 0.3 is 16.3 Å². The van der Waals surface area contributed by atoms with Crippen molar-refractivity contribution in [3.05, 3.63) is 54.1 Å². The van der Waals surface area contributed by atoms with Gasteiger partial charge in [-0.3, -0.25) is 4.79 Å². The first-order valence-electron chi connectivity index (χ1n) is 7.12. The monoisotopic (exact) mass is 349 g/mol. The van der Waals surface area contributed by atoms with Crippen LogP contribution in [0.4, 0.5) is 0 Å². The predicted octanol–water partition coefficient (Wildman–Crippen LogP) is 1.96. The molecule has 0 bridgehead atoms. The zero-order valence-electron chi connectivity index (χ0n) is 12.8. The molecule has 2 aromatic carbocycles. The lowest BCUT2D eigenvalue weighted by Crippen LogP contribution is -2.38. The molecule has 0 aromatic heterocycles. The first kappa shape index (κ1) is 16.3. The highest BCUT2D eigenvalue weighted by atomic mass is 32.2. The summed E-state index contributed by atoms with van der Waals surface area (Å²) < 4.78 is 41.2. The Hall–Kier alpha value is -2.58. The maximum Gasteiger partial charge on any atom is 0.383 e. The van der Waals surface area contributed by atoms with E-state index < -0.39 is 22.3 Å². The van der Waals surface area contributed by atoms with E-state index in [0.29, 0.717) is 17.1 Å². The molecule has 0 unspecified atom stereocenters. The lowest BCUT2D eigenvalue weighted by atomic mass is 10.0. The van der Waals surface area contributed by atoms with Gasteiger partial charge in [0.05, 0.1) is 19.6 Å². The van der Waals surface area contributed by atoms with Crippen molar-refractivity contribution in [3.63, 3.8) is 0 Å². The van der Waals surface area contributed by atoms with Gasteiger partial charge in [0.2, 0.25) is 0 Å². The first-order chi connectivity index (χ1) is 11.5. The molecule has 2 aromatic rings. The number of hydrogen-bond donors (Lipinski definition) is 1. The quantitative estimate of drug-likeness (QED) is 0.670. The molecule has 0 saturated carbocycles. The molecule has 24 heavy (non-hydrogen) atoms. The Morgan fingerprint density at radius 1 is 1.17 bits per heavy atom. The van der Waals surface area contributed by atoms with Crippen molar-refractivity contribution < 1.29 is 26.9 Å². The Kier molecular flexibility index (Phi) is 4.41. The van der Waals surface area contributed by atoms with Gasteiger partial charge in [-0.25, -0.2) is 0 Å². The standard InChI is InChI=1S/C16H15NO6S/c1-21-12-7-8-15-13(9-12)14(17-24(19,20)23-15)10-16(18)22-11-5-3-2-4-6-11/h2-9,14,17H,10H2,1H3/t14-/m1/s1. The van der Waals surface area contributed by atoms with E-state index in [1.807, 2.05) is 0 Å². The van der Waals surface area contributed by atoms with E-state index in [1.165, 1.54) is 13.2 Å². The van der Waals surface area contributed by atoms with E-state index in [0.717, 1.165) is 0 Å². The average Bonchev–Trinajstić information content (AvgIpc) is 2.54. The van der Waals surface area contributed by atoms with Crippen LogP contribution < -0.4 is 18.4 Å². The smallest absolute Gasteiger partial charge is 0.383 e. The lowest BCUT2D eigenvalue weighted by Gasteiger charge is -2.26. The number of carbonyl (C=O) groups excluding carboxylic acids is 1. The Morgan fingerprint density at radius 2 is 1.92 bits per heavy atom. The van der Waals surface area contributed by atoms with Gasteiger partial charge in [-0.2, -0.15) is 13.1 Å². The van der Waals surface area contributed by atoms with Crippen molar-refractivity contribution >= 4 is 16.3 Å². The fourth-order valence-corrected chi connectivity index (χ4v) is 3.36. The summed E-state index contributed by atoms with van der Waals surface area (Å²) in [5.74, 6) is 0.514. The van der Waals surface area contributed by atoms with Crippen LogP contribution in [-0.4, -0.2) is 21.5 Å². The number of para-hydroxylation sites is 1. The number of rotatable bonds is 4. The van der Waals surface area contributed by atoms with E-state index in [9.17, 15) is 13.2 Å². The Balaban J connectivity index is 1.83. The largest absolute Gasteiger partial charge is 0.497 e. The van der Waals surface area contributed by atoms with Gasteiger partial charge < -0.3 is 13.7 Å². The van der Waals surface area contributed by atoms with Crippen molar-refractivity contribution in [1.29, 1.82) is 0 Å². The molecule has 1 N–H and O–H groups in total. The molecule has 1 atom stereocenters. The minimum atomic E-state index is -3.98. The molecule has 3 rings (SSSR count). The summed E-state index contributed by atoms with van der Waals surface area (Å²) in [4.78, 5) is 12.1. The summed E-state index contributed by atoms with van der Waals surface area (Å²) in [6.07, 6.45) is -0.183. The number of esters is 1. The van der Waals surface area contributed by atoms with E-state index in [2.05, 4.69) is 4.72 Å². The van der Waals surface area contributed by atoms with E-state index in [4.69, 9.17) is 13.7 Å². The molecule has 7 nitrogen and oxygen atoms in total. The normalized spacial score (nSPS) is 18.1. The van der Waals surface area contributed by atoms with Crippen LogP contribution in [0.15, 0.2) is 48.5 Å². The third-order valence-corrected chi connectivity index (χ3v) is 4.40. The minimum absolute atomic E-state index is 0.159. The second kappa shape index (κ2) is 6.50. The van der Waals surface area contributed by atoms with Crippen LogP contribution in [0.2, 0.25) is 0 Å². The number of fused-ring (bicyclic) bond motifs is 1. The van der Waals surface area contributed by atoms with Crippen molar-refractivity contribution in [1.82, 2.24) is 4.72 Å². The van der Waals surface area contributed by atoms with Crippen molar-refractivity contribution in [2.75, 3.05) is 7.11 Å². The van der Waals surface area contributed by atoms with Crippen molar-refractivity contribution in [2.45, 2.75) is 12.5 Å². The molecule has 8 heteroatoms. The number of hydrogen-bond acceptors (Lipinski definition) is 6. The van der Waals surface area contributed by atoms with Crippen LogP contribution in [-0.2, 0) is 15.1 Å². The average molecular weight is 349 g/mol. The molecule has 0 amide bonds. The molecular weight excluding hydrogens is 334 g/mol. The number of methoxy groups -OCH3 is 1. The third kappa shape index (κ3) is 3.66. The maximum absolute atomic E-state index is 12.1. The first-order valence-corrected chi connectivity index (χ1v) is 8.53. The maximum atomic E-state index is 12.1. The zero-order chi connectivity index (χ0) is 17.2. The highest BCUT2D eigenvalue weighted by Gasteiger charge is 2.32. The van der Waals surface area contributed by atoms with Gasteiger partial charge in [0.15, 0.2) is 0 Å². The van der Waals surface area contributed by atoms with Gasteiger partial charge in [-0.1, -0.05) is 18.2 Å². The number of benzene rings is 2. The molecule has 0 aliphatic carbocycles. The fourth-order valence-electron chi connectivity index (χ4n) is 2.36. The van der Waals surface area contributed by atoms with Crippen LogP contribution in [0.3, 0.4) is 0 Å². The Morgan fingerprint density at radius 3 is 2.62 bits per heavy atom. The Bertz CT molecular complexity index is 850. The van der Waals surface area contributed by atoms with E-state index in [-0.39, 0.29) is 12.2 Å². The minimum Gasteiger partial charge on any atom is -0.497 e. The van der Waals surface area contributed by atoms with Crippen molar-refractivity contribution in [2.24, 2.45) is 0 Å². The van der Waals surface area contributed by atoms with Gasteiger partial charge in [-0.05, 0) is 30.3 Å². The molecule has 1 heterocycles.